The highest BCUT2D eigenvalue weighted by molar-refractivity contribution is 5.97. The first kappa shape index (κ1) is 20.9. The molecule has 0 amide bonds. The fourth-order valence-electron chi connectivity index (χ4n) is 2.66. The zero-order valence-electron chi connectivity index (χ0n) is 15.1. The maximum Gasteiger partial charge on any atom is 0.340 e. The van der Waals surface area contributed by atoms with E-state index in [0.29, 0.717) is 0 Å². The summed E-state index contributed by atoms with van der Waals surface area (Å²) in [6.07, 6.45) is -3.49. The third kappa shape index (κ3) is 4.67. The van der Waals surface area contributed by atoms with Crippen LogP contribution in [0.15, 0.2) is 48.5 Å². The van der Waals surface area contributed by atoms with Gasteiger partial charge in [0, 0.05) is 22.3 Å². The van der Waals surface area contributed by atoms with E-state index >= 15 is 0 Å². The number of carboxylic acids is 2. The van der Waals surface area contributed by atoms with Gasteiger partial charge in [-0.05, 0) is 13.8 Å². The summed E-state index contributed by atoms with van der Waals surface area (Å²) in [5, 5.41) is 19.0. The Morgan fingerprint density at radius 2 is 1.00 bits per heavy atom. The van der Waals surface area contributed by atoms with Crippen LogP contribution in [0.2, 0.25) is 0 Å². The van der Waals surface area contributed by atoms with Crippen molar-refractivity contribution in [3.8, 4) is 0 Å². The Morgan fingerprint density at radius 1 is 0.679 bits per heavy atom. The molecule has 2 N–H and O–H groups in total. The predicted octanol–water partition coefficient (Wildman–Crippen LogP) is 2.99. The number of carboxylic acid groups (broad SMARTS) is 2. The number of ketones is 2. The Bertz CT molecular complexity index is 842. The molecular formula is C20H18O8. The highest BCUT2D eigenvalue weighted by atomic mass is 17.2. The standard InChI is InChI=1S/C20H18O8/c1-11(21)13-7-3-5-9-15(13)17(19(23)24)27-28-18(20(25)26)16-10-6-4-8-14(16)12(2)22/h3-10,17-18H,1-2H3,(H,23,24)(H,25,26)/t17-,18-/m1/s1. The molecule has 0 aliphatic carbocycles. The van der Waals surface area contributed by atoms with Gasteiger partial charge in [-0.25, -0.2) is 19.4 Å². The molecule has 0 unspecified atom stereocenters. The zero-order valence-corrected chi connectivity index (χ0v) is 15.1. The van der Waals surface area contributed by atoms with Gasteiger partial charge in [-0.2, -0.15) is 0 Å². The smallest absolute Gasteiger partial charge is 0.340 e. The Morgan fingerprint density at radius 3 is 1.29 bits per heavy atom. The highest BCUT2D eigenvalue weighted by Crippen LogP contribution is 2.28. The van der Waals surface area contributed by atoms with Gasteiger partial charge in [0.25, 0.3) is 0 Å². The molecule has 0 fully saturated rings. The van der Waals surface area contributed by atoms with Crippen molar-refractivity contribution in [2.45, 2.75) is 26.1 Å². The normalized spacial score (nSPS) is 12.8. The summed E-state index contributed by atoms with van der Waals surface area (Å²) in [6, 6.07) is 11.7. The van der Waals surface area contributed by atoms with Crippen LogP contribution >= 0.6 is 0 Å². The topological polar surface area (TPSA) is 127 Å². The molecule has 0 spiro atoms. The summed E-state index contributed by atoms with van der Waals surface area (Å²) in [4.78, 5) is 56.7. The fourth-order valence-corrected chi connectivity index (χ4v) is 2.66. The minimum Gasteiger partial charge on any atom is -0.479 e. The van der Waals surface area contributed by atoms with Crippen molar-refractivity contribution in [2.24, 2.45) is 0 Å². The summed E-state index contributed by atoms with van der Waals surface area (Å²) in [7, 11) is 0. The minimum atomic E-state index is -1.74. The molecule has 0 saturated heterocycles. The molecule has 0 heterocycles. The maximum absolute atomic E-state index is 11.8. The van der Waals surface area contributed by atoms with Crippen LogP contribution in [-0.2, 0) is 19.4 Å². The van der Waals surface area contributed by atoms with Crippen molar-refractivity contribution in [3.05, 3.63) is 70.8 Å². The number of aliphatic carboxylic acids is 2. The van der Waals surface area contributed by atoms with Crippen LogP contribution < -0.4 is 0 Å². The van der Waals surface area contributed by atoms with Crippen LogP contribution in [0.3, 0.4) is 0 Å². The van der Waals surface area contributed by atoms with E-state index in [1.54, 1.807) is 12.1 Å². The number of benzene rings is 2. The second kappa shape index (κ2) is 9.03. The number of carbonyl (C=O) groups excluding carboxylic acids is 2. The summed E-state index contributed by atoms with van der Waals surface area (Å²) in [6.45, 7) is 2.53. The Balaban J connectivity index is 2.37. The Hall–Kier alpha value is -3.36. The zero-order chi connectivity index (χ0) is 20.8. The molecule has 28 heavy (non-hydrogen) atoms. The average molecular weight is 386 g/mol. The van der Waals surface area contributed by atoms with E-state index in [-0.39, 0.29) is 33.8 Å². The summed E-state index contributed by atoms with van der Waals surface area (Å²) < 4.78 is 0. The fraction of sp³-hybridized carbons (Fsp3) is 0.200. The van der Waals surface area contributed by atoms with Gasteiger partial charge in [0.1, 0.15) is 0 Å². The molecule has 0 aliphatic rings. The second-order valence-corrected chi connectivity index (χ2v) is 5.92. The molecule has 8 heteroatoms. The first-order valence-corrected chi connectivity index (χ1v) is 8.21. The van der Waals surface area contributed by atoms with Crippen molar-refractivity contribution in [2.75, 3.05) is 0 Å². The lowest BCUT2D eigenvalue weighted by Gasteiger charge is -2.20. The van der Waals surface area contributed by atoms with E-state index in [2.05, 4.69) is 0 Å². The number of rotatable bonds is 9. The predicted molar refractivity (Wildman–Crippen MR) is 95.8 cm³/mol. The van der Waals surface area contributed by atoms with Gasteiger partial charge in [-0.15, -0.1) is 0 Å². The molecule has 0 radical (unpaired) electrons. The molecule has 2 aromatic rings. The summed E-state index contributed by atoms with van der Waals surface area (Å²) >= 11 is 0. The number of Topliss-reactive ketones (excluding diaryl/α,β-unsaturated/α-hetero) is 2. The molecule has 2 atom stereocenters. The summed E-state index contributed by atoms with van der Waals surface area (Å²) in [5.41, 5.74) is 0.252. The van der Waals surface area contributed by atoms with Gasteiger partial charge < -0.3 is 10.2 Å². The highest BCUT2D eigenvalue weighted by Gasteiger charge is 2.31. The van der Waals surface area contributed by atoms with E-state index in [9.17, 15) is 29.4 Å². The molecular weight excluding hydrogens is 368 g/mol. The van der Waals surface area contributed by atoms with E-state index in [0.717, 1.165) is 0 Å². The second-order valence-electron chi connectivity index (χ2n) is 5.92. The van der Waals surface area contributed by atoms with Crippen LogP contribution in [0.5, 0.6) is 0 Å². The van der Waals surface area contributed by atoms with Gasteiger partial charge in [0.2, 0.25) is 12.2 Å². The first-order chi connectivity index (χ1) is 13.2. The van der Waals surface area contributed by atoms with Crippen LogP contribution in [0.1, 0.15) is 57.9 Å². The number of hydrogen-bond acceptors (Lipinski definition) is 6. The van der Waals surface area contributed by atoms with Gasteiger partial charge in [-0.1, -0.05) is 48.5 Å². The van der Waals surface area contributed by atoms with Crippen LogP contribution in [0.25, 0.3) is 0 Å². The molecule has 2 rings (SSSR count). The molecule has 146 valence electrons. The molecule has 2 aromatic carbocycles. The van der Waals surface area contributed by atoms with Crippen molar-refractivity contribution in [1.82, 2.24) is 0 Å². The molecule has 8 nitrogen and oxygen atoms in total. The molecule has 0 saturated carbocycles. The van der Waals surface area contributed by atoms with Crippen LogP contribution in [0, 0.1) is 0 Å². The van der Waals surface area contributed by atoms with E-state index in [1.165, 1.54) is 50.2 Å². The van der Waals surface area contributed by atoms with Gasteiger partial charge in [0.15, 0.2) is 11.6 Å². The SMILES string of the molecule is CC(=O)c1ccccc1[C@@H](OO[C@@H](C(=O)O)c1ccccc1C(C)=O)C(=O)O. The molecule has 0 bridgehead atoms. The average Bonchev–Trinajstić information content (AvgIpc) is 2.64. The van der Waals surface area contributed by atoms with Gasteiger partial charge in [0.05, 0.1) is 0 Å². The quantitative estimate of drug-likeness (QED) is 0.382. The van der Waals surface area contributed by atoms with Crippen molar-refractivity contribution >= 4 is 23.5 Å². The number of carbonyl (C=O) groups is 4. The van der Waals surface area contributed by atoms with E-state index in [4.69, 9.17) is 9.78 Å². The Labute approximate surface area is 160 Å². The lowest BCUT2D eigenvalue weighted by molar-refractivity contribution is -0.346. The van der Waals surface area contributed by atoms with Gasteiger partial charge >= 0.3 is 11.9 Å². The Kier molecular flexibility index (Phi) is 6.75. The molecule has 0 aromatic heterocycles. The lowest BCUT2D eigenvalue weighted by Crippen LogP contribution is -2.23. The van der Waals surface area contributed by atoms with Crippen molar-refractivity contribution in [3.63, 3.8) is 0 Å². The summed E-state index contributed by atoms with van der Waals surface area (Å²) in [5.74, 6) is -3.72. The minimum absolute atomic E-state index is 0.0199. The van der Waals surface area contributed by atoms with Crippen LogP contribution in [-0.4, -0.2) is 33.7 Å². The monoisotopic (exact) mass is 386 g/mol. The largest absolute Gasteiger partial charge is 0.479 e. The van der Waals surface area contributed by atoms with E-state index in [1.807, 2.05) is 0 Å². The van der Waals surface area contributed by atoms with Crippen molar-refractivity contribution < 1.29 is 39.2 Å². The number of hydrogen-bond donors (Lipinski definition) is 2. The van der Waals surface area contributed by atoms with Crippen LogP contribution in [0.4, 0.5) is 0 Å². The third-order valence-corrected chi connectivity index (χ3v) is 3.94. The van der Waals surface area contributed by atoms with Gasteiger partial charge in [-0.3, -0.25) is 9.59 Å². The third-order valence-electron chi connectivity index (χ3n) is 3.94. The first-order valence-electron chi connectivity index (χ1n) is 8.21. The molecule has 0 aliphatic heterocycles. The maximum atomic E-state index is 11.8. The van der Waals surface area contributed by atoms with Crippen molar-refractivity contribution in [1.29, 1.82) is 0 Å². The lowest BCUT2D eigenvalue weighted by atomic mass is 9.99. The van der Waals surface area contributed by atoms with E-state index < -0.39 is 24.1 Å².